The maximum absolute atomic E-state index is 12.9. The Bertz CT molecular complexity index is 1180. The highest BCUT2D eigenvalue weighted by Gasteiger charge is 2.53. The molecule has 4 atom stereocenters. The number of carbonyl (C=O) groups excluding carboxylic acids is 2. The monoisotopic (exact) mass is 492 g/mol. The van der Waals surface area contributed by atoms with Gasteiger partial charge in [-0.2, -0.15) is 0 Å². The molecule has 1 saturated heterocycles. The van der Waals surface area contributed by atoms with Gasteiger partial charge in [0, 0.05) is 26.3 Å². The minimum atomic E-state index is -0.946. The summed E-state index contributed by atoms with van der Waals surface area (Å²) in [7, 11) is 3.01. The van der Waals surface area contributed by atoms with E-state index in [2.05, 4.69) is 4.98 Å². The van der Waals surface area contributed by atoms with Gasteiger partial charge in [-0.1, -0.05) is 18.2 Å². The Morgan fingerprint density at radius 2 is 2.03 bits per heavy atom. The van der Waals surface area contributed by atoms with Gasteiger partial charge in [0.1, 0.15) is 5.75 Å². The van der Waals surface area contributed by atoms with Crippen molar-refractivity contribution in [3.63, 3.8) is 0 Å². The van der Waals surface area contributed by atoms with Gasteiger partial charge in [0.25, 0.3) is 0 Å². The first-order valence-corrected chi connectivity index (χ1v) is 12.1. The van der Waals surface area contributed by atoms with Gasteiger partial charge in [0.15, 0.2) is 0 Å². The minimum absolute atomic E-state index is 0.154. The molecular weight excluding hydrogens is 460 g/mol. The van der Waals surface area contributed by atoms with E-state index in [1.165, 1.54) is 7.05 Å². The number of methoxy groups -OCH3 is 1. The largest absolute Gasteiger partial charge is 0.508 e. The molecule has 0 radical (unpaired) electrons. The van der Waals surface area contributed by atoms with E-state index in [1.54, 1.807) is 31.5 Å². The van der Waals surface area contributed by atoms with Crippen molar-refractivity contribution in [2.75, 3.05) is 27.4 Å². The number of aliphatic hydroxyl groups excluding tert-OH is 2. The summed E-state index contributed by atoms with van der Waals surface area (Å²) in [5, 5.41) is 31.6. The summed E-state index contributed by atoms with van der Waals surface area (Å²) in [5.41, 5.74) is 3.78. The lowest BCUT2D eigenvalue weighted by atomic mass is 9.68. The molecule has 190 valence electrons. The molecule has 0 bridgehead atoms. The second kappa shape index (κ2) is 11.2. The van der Waals surface area contributed by atoms with Crippen LogP contribution in [0.2, 0.25) is 0 Å². The molecule has 8 nitrogen and oxygen atoms in total. The number of hydrogen-bond donors (Lipinski definition) is 3. The van der Waals surface area contributed by atoms with Crippen LogP contribution in [0, 0.1) is 17.8 Å². The molecule has 0 saturated carbocycles. The number of aromatic hydroxyl groups is 1. The standard InChI is InChI=1S/C28H32N2O6/c1-30-27(34)21-14-19(16-36-2)25(22(15-31)26(21)28(30)35)24(33)10-9-18(23-8-3-4-11-29-23)12-17-6-5-7-20(32)13-17/h3-8,11-13,21-22,24,26,31-33H,9-10,14-16H2,1-2H3/b18-12-/t21-,22+,24-,26-/m1/s1. The third-order valence-electron chi connectivity index (χ3n) is 7.17. The fourth-order valence-corrected chi connectivity index (χ4v) is 5.51. The Kier molecular flexibility index (Phi) is 7.98. The first kappa shape index (κ1) is 25.8. The number of pyridine rings is 1. The van der Waals surface area contributed by atoms with Crippen LogP contribution in [0.5, 0.6) is 5.75 Å². The lowest BCUT2D eigenvalue weighted by Crippen LogP contribution is -2.39. The molecule has 8 heteroatoms. The van der Waals surface area contributed by atoms with Crippen molar-refractivity contribution >= 4 is 23.5 Å². The second-order valence-electron chi connectivity index (χ2n) is 9.39. The highest BCUT2D eigenvalue weighted by molar-refractivity contribution is 6.05. The molecule has 1 aliphatic heterocycles. The molecule has 2 amide bonds. The number of benzene rings is 1. The van der Waals surface area contributed by atoms with E-state index in [0.29, 0.717) is 24.8 Å². The van der Waals surface area contributed by atoms with Gasteiger partial charge in [-0.05, 0) is 71.9 Å². The predicted octanol–water partition coefficient (Wildman–Crippen LogP) is 2.66. The SMILES string of the molecule is COCC1=C([C@H](O)CC/C(=C/c2cccc(O)c2)c2ccccn2)[C@H](CO)[C@@H]2C(=O)N(C)C(=O)[C@@H]2C1. The zero-order chi connectivity index (χ0) is 25.8. The molecule has 0 unspecified atom stereocenters. The van der Waals surface area contributed by atoms with Gasteiger partial charge in [-0.25, -0.2) is 0 Å². The maximum atomic E-state index is 12.9. The summed E-state index contributed by atoms with van der Waals surface area (Å²) in [6.07, 6.45) is 3.77. The number of carbonyl (C=O) groups is 2. The van der Waals surface area contributed by atoms with Crippen molar-refractivity contribution in [1.82, 2.24) is 9.88 Å². The fourth-order valence-electron chi connectivity index (χ4n) is 5.51. The van der Waals surface area contributed by atoms with Crippen LogP contribution in [0.4, 0.5) is 0 Å². The third-order valence-corrected chi connectivity index (χ3v) is 7.17. The summed E-state index contributed by atoms with van der Waals surface area (Å²) in [6, 6.07) is 12.5. The molecule has 2 aliphatic rings. The van der Waals surface area contributed by atoms with Crippen LogP contribution in [-0.4, -0.2) is 70.5 Å². The van der Waals surface area contributed by atoms with Crippen LogP contribution < -0.4 is 0 Å². The summed E-state index contributed by atoms with van der Waals surface area (Å²) >= 11 is 0. The molecule has 36 heavy (non-hydrogen) atoms. The number of ether oxygens (including phenoxy) is 1. The number of phenolic OH excluding ortho intramolecular Hbond substituents is 1. The predicted molar refractivity (Wildman–Crippen MR) is 134 cm³/mol. The van der Waals surface area contributed by atoms with Crippen LogP contribution in [0.25, 0.3) is 11.6 Å². The van der Waals surface area contributed by atoms with Crippen LogP contribution in [0.3, 0.4) is 0 Å². The van der Waals surface area contributed by atoms with E-state index < -0.39 is 23.9 Å². The van der Waals surface area contributed by atoms with Gasteiger partial charge in [-0.3, -0.25) is 19.5 Å². The zero-order valence-electron chi connectivity index (χ0n) is 20.5. The van der Waals surface area contributed by atoms with Gasteiger partial charge in [0.05, 0.1) is 36.8 Å². The molecule has 4 rings (SSSR count). The molecular formula is C28H32N2O6. The topological polar surface area (TPSA) is 120 Å². The van der Waals surface area contributed by atoms with Gasteiger partial charge in [-0.15, -0.1) is 0 Å². The number of aliphatic hydroxyl groups is 2. The maximum Gasteiger partial charge on any atom is 0.233 e. The van der Waals surface area contributed by atoms with Crippen molar-refractivity contribution in [3.05, 3.63) is 71.1 Å². The van der Waals surface area contributed by atoms with Gasteiger partial charge >= 0.3 is 0 Å². The fraction of sp³-hybridized carbons (Fsp3) is 0.393. The molecule has 1 fully saturated rings. The van der Waals surface area contributed by atoms with Crippen LogP contribution in [-0.2, 0) is 14.3 Å². The Morgan fingerprint density at radius 1 is 1.22 bits per heavy atom. The number of hydrogen-bond acceptors (Lipinski definition) is 7. The first-order valence-electron chi connectivity index (χ1n) is 12.1. The van der Waals surface area contributed by atoms with Gasteiger partial charge in [0.2, 0.25) is 11.8 Å². The van der Waals surface area contributed by atoms with Crippen molar-refractivity contribution in [2.24, 2.45) is 17.8 Å². The molecule has 1 aliphatic carbocycles. The Balaban J connectivity index is 1.64. The number of nitrogens with zero attached hydrogens (tertiary/aromatic N) is 2. The number of phenols is 1. The van der Waals surface area contributed by atoms with Crippen LogP contribution in [0.15, 0.2) is 59.8 Å². The summed E-state index contributed by atoms with van der Waals surface area (Å²) in [5.74, 6) is -2.30. The van der Waals surface area contributed by atoms with Crippen molar-refractivity contribution in [1.29, 1.82) is 0 Å². The van der Waals surface area contributed by atoms with E-state index in [0.717, 1.165) is 27.3 Å². The second-order valence-corrected chi connectivity index (χ2v) is 9.39. The minimum Gasteiger partial charge on any atom is -0.508 e. The Morgan fingerprint density at radius 3 is 2.69 bits per heavy atom. The lowest BCUT2D eigenvalue weighted by Gasteiger charge is -2.36. The summed E-state index contributed by atoms with van der Waals surface area (Å²) in [6.45, 7) is -0.136. The molecule has 0 spiro atoms. The number of allylic oxidation sites excluding steroid dienone is 1. The van der Waals surface area contributed by atoms with Crippen molar-refractivity contribution in [3.8, 4) is 5.75 Å². The first-order chi connectivity index (χ1) is 17.3. The molecule has 1 aromatic carbocycles. The highest BCUT2D eigenvalue weighted by atomic mass is 16.5. The van der Waals surface area contributed by atoms with E-state index in [4.69, 9.17) is 4.74 Å². The lowest BCUT2D eigenvalue weighted by molar-refractivity contribution is -0.138. The number of aromatic nitrogens is 1. The number of rotatable bonds is 9. The number of imide groups is 1. The third kappa shape index (κ3) is 5.11. The average molecular weight is 493 g/mol. The van der Waals surface area contributed by atoms with Crippen LogP contribution >= 0.6 is 0 Å². The molecule has 2 heterocycles. The molecule has 1 aromatic heterocycles. The summed E-state index contributed by atoms with van der Waals surface area (Å²) < 4.78 is 5.37. The summed E-state index contributed by atoms with van der Waals surface area (Å²) in [4.78, 5) is 31.1. The number of amides is 2. The zero-order valence-corrected chi connectivity index (χ0v) is 20.5. The molecule has 3 N–H and O–H groups in total. The van der Waals surface area contributed by atoms with Crippen molar-refractivity contribution < 1.29 is 29.6 Å². The number of fused-ring (bicyclic) bond motifs is 1. The Labute approximate surface area is 210 Å². The number of likely N-dealkylation sites (tertiary alicyclic amines) is 1. The van der Waals surface area contributed by atoms with Crippen molar-refractivity contribution in [2.45, 2.75) is 25.4 Å². The van der Waals surface area contributed by atoms with Crippen LogP contribution in [0.1, 0.15) is 30.5 Å². The molecule has 2 aromatic rings. The average Bonchev–Trinajstić information content (AvgIpc) is 3.10. The van der Waals surface area contributed by atoms with E-state index in [9.17, 15) is 24.9 Å². The smallest absolute Gasteiger partial charge is 0.233 e. The van der Waals surface area contributed by atoms with Gasteiger partial charge < -0.3 is 20.1 Å². The van der Waals surface area contributed by atoms with E-state index >= 15 is 0 Å². The Hall–Kier alpha value is -3.33. The van der Waals surface area contributed by atoms with E-state index in [-0.39, 0.29) is 30.8 Å². The quantitative estimate of drug-likeness (QED) is 0.364. The highest BCUT2D eigenvalue weighted by Crippen LogP contribution is 2.46. The van der Waals surface area contributed by atoms with E-state index in [1.807, 2.05) is 30.3 Å². The normalized spacial score (nSPS) is 23.3.